The van der Waals surface area contributed by atoms with Gasteiger partial charge in [0.2, 0.25) is 15.9 Å². The average Bonchev–Trinajstić information content (AvgIpc) is 2.49. The topological polar surface area (TPSA) is 104 Å². The standard InChI is InChI=1S/C16H24N2O5S/c1-5-11(2)15(16(20)21)17-14(19)10-18(24(4,22)23)13-9-7-6-8-12(13)3/h6-9,11,15H,5,10H2,1-4H3,(H,17,19)(H,20,21). The number of hydrogen-bond donors (Lipinski definition) is 2. The van der Waals surface area contributed by atoms with Crippen molar-refractivity contribution in [1.82, 2.24) is 5.32 Å². The number of amides is 1. The molecule has 0 fully saturated rings. The van der Waals surface area contributed by atoms with Crippen LogP contribution < -0.4 is 9.62 Å². The fourth-order valence-electron chi connectivity index (χ4n) is 2.26. The van der Waals surface area contributed by atoms with Crippen molar-refractivity contribution in [3.05, 3.63) is 29.8 Å². The number of carboxylic acids is 1. The van der Waals surface area contributed by atoms with Crippen molar-refractivity contribution < 1.29 is 23.1 Å². The third-order valence-corrected chi connectivity index (χ3v) is 4.99. The molecule has 0 heterocycles. The van der Waals surface area contributed by atoms with Crippen LogP contribution in [-0.2, 0) is 19.6 Å². The van der Waals surface area contributed by atoms with E-state index in [1.54, 1.807) is 38.1 Å². The molecule has 0 aliphatic rings. The Kier molecular flexibility index (Phi) is 6.77. The molecule has 7 nitrogen and oxygen atoms in total. The minimum Gasteiger partial charge on any atom is -0.480 e. The summed E-state index contributed by atoms with van der Waals surface area (Å²) in [4.78, 5) is 23.5. The van der Waals surface area contributed by atoms with Crippen LogP contribution in [-0.4, -0.2) is 44.2 Å². The number of hydrogen-bond acceptors (Lipinski definition) is 4. The van der Waals surface area contributed by atoms with Gasteiger partial charge >= 0.3 is 5.97 Å². The first-order chi connectivity index (χ1) is 11.1. The van der Waals surface area contributed by atoms with Gasteiger partial charge in [-0.25, -0.2) is 13.2 Å². The van der Waals surface area contributed by atoms with Crippen LogP contribution >= 0.6 is 0 Å². The van der Waals surface area contributed by atoms with Crippen LogP contribution in [0, 0.1) is 12.8 Å². The van der Waals surface area contributed by atoms with Crippen molar-refractivity contribution in [2.24, 2.45) is 5.92 Å². The summed E-state index contributed by atoms with van der Waals surface area (Å²) in [6.07, 6.45) is 1.58. The van der Waals surface area contributed by atoms with Crippen molar-refractivity contribution in [3.8, 4) is 0 Å². The summed E-state index contributed by atoms with van der Waals surface area (Å²) >= 11 is 0. The second-order valence-electron chi connectivity index (χ2n) is 5.83. The summed E-state index contributed by atoms with van der Waals surface area (Å²) in [6.45, 7) is 4.81. The van der Waals surface area contributed by atoms with Crippen LogP contribution in [0.15, 0.2) is 24.3 Å². The molecule has 8 heteroatoms. The van der Waals surface area contributed by atoms with Gasteiger partial charge in [0.05, 0.1) is 11.9 Å². The fourth-order valence-corrected chi connectivity index (χ4v) is 3.17. The number of sulfonamides is 1. The molecule has 0 aliphatic heterocycles. The van der Waals surface area contributed by atoms with E-state index in [0.29, 0.717) is 17.7 Å². The van der Waals surface area contributed by atoms with Gasteiger partial charge < -0.3 is 10.4 Å². The molecule has 1 rings (SSSR count). The lowest BCUT2D eigenvalue weighted by Crippen LogP contribution is -2.49. The number of para-hydroxylation sites is 1. The van der Waals surface area contributed by atoms with E-state index in [2.05, 4.69) is 5.32 Å². The summed E-state index contributed by atoms with van der Waals surface area (Å²) < 4.78 is 25.1. The molecule has 134 valence electrons. The van der Waals surface area contributed by atoms with Gasteiger partial charge in [-0.1, -0.05) is 38.5 Å². The fraction of sp³-hybridized carbons (Fsp3) is 0.500. The van der Waals surface area contributed by atoms with E-state index in [-0.39, 0.29) is 5.92 Å². The molecule has 1 aromatic rings. The second kappa shape index (κ2) is 8.14. The summed E-state index contributed by atoms with van der Waals surface area (Å²) in [5.41, 5.74) is 1.10. The molecule has 0 saturated heterocycles. The zero-order valence-electron chi connectivity index (χ0n) is 14.3. The van der Waals surface area contributed by atoms with Gasteiger partial charge in [0.15, 0.2) is 0 Å². The van der Waals surface area contributed by atoms with Gasteiger partial charge in [-0.2, -0.15) is 0 Å². The van der Waals surface area contributed by atoms with E-state index < -0.39 is 34.5 Å². The zero-order chi connectivity index (χ0) is 18.5. The van der Waals surface area contributed by atoms with E-state index in [1.165, 1.54) is 0 Å². The number of nitrogens with zero attached hydrogens (tertiary/aromatic N) is 1. The number of rotatable bonds is 8. The molecule has 1 amide bonds. The number of anilines is 1. The number of aliphatic carboxylic acids is 1. The van der Waals surface area contributed by atoms with Crippen molar-refractivity contribution in [3.63, 3.8) is 0 Å². The predicted octanol–water partition coefficient (Wildman–Crippen LogP) is 1.38. The molecule has 0 aliphatic carbocycles. The normalized spacial score (nSPS) is 13.8. The van der Waals surface area contributed by atoms with Gasteiger partial charge in [0.25, 0.3) is 0 Å². The monoisotopic (exact) mass is 356 g/mol. The van der Waals surface area contributed by atoms with Crippen molar-refractivity contribution in [2.75, 3.05) is 17.1 Å². The minimum atomic E-state index is -3.69. The first-order valence-corrected chi connectivity index (χ1v) is 9.48. The minimum absolute atomic E-state index is 0.267. The molecule has 2 atom stereocenters. The summed E-state index contributed by atoms with van der Waals surface area (Å²) in [6, 6.07) is 5.73. The Balaban J connectivity index is 3.02. The van der Waals surface area contributed by atoms with Crippen LogP contribution in [0.1, 0.15) is 25.8 Å². The molecule has 0 aromatic heterocycles. The molecular formula is C16H24N2O5S. The quantitative estimate of drug-likeness (QED) is 0.732. The van der Waals surface area contributed by atoms with Crippen LogP contribution in [0.4, 0.5) is 5.69 Å². The predicted molar refractivity (Wildman–Crippen MR) is 92.4 cm³/mol. The SMILES string of the molecule is CCC(C)C(NC(=O)CN(c1ccccc1C)S(C)(=O)=O)C(=O)O. The third-order valence-electron chi connectivity index (χ3n) is 3.87. The molecule has 1 aromatic carbocycles. The molecule has 0 bridgehead atoms. The molecular weight excluding hydrogens is 332 g/mol. The lowest BCUT2D eigenvalue weighted by atomic mass is 9.99. The average molecular weight is 356 g/mol. The van der Waals surface area contributed by atoms with Crippen molar-refractivity contribution >= 4 is 27.6 Å². The van der Waals surface area contributed by atoms with Crippen molar-refractivity contribution in [2.45, 2.75) is 33.2 Å². The maximum Gasteiger partial charge on any atom is 0.326 e. The van der Waals surface area contributed by atoms with E-state index in [1.807, 2.05) is 6.92 Å². The number of carboxylic acid groups (broad SMARTS) is 1. The third kappa shape index (κ3) is 5.23. The van der Waals surface area contributed by atoms with Gasteiger partial charge in [-0.05, 0) is 24.5 Å². The lowest BCUT2D eigenvalue weighted by molar-refractivity contribution is -0.143. The van der Waals surface area contributed by atoms with E-state index >= 15 is 0 Å². The maximum atomic E-state index is 12.2. The Hall–Kier alpha value is -2.09. The molecule has 2 unspecified atom stereocenters. The second-order valence-corrected chi connectivity index (χ2v) is 7.73. The van der Waals surface area contributed by atoms with Gasteiger partial charge in [0.1, 0.15) is 12.6 Å². The Labute approximate surface area is 142 Å². The first kappa shape index (κ1) is 20.0. The molecule has 0 saturated carbocycles. The van der Waals surface area contributed by atoms with Crippen LogP contribution in [0.2, 0.25) is 0 Å². The van der Waals surface area contributed by atoms with Gasteiger partial charge in [0, 0.05) is 0 Å². The Morgan fingerprint density at radius 3 is 2.33 bits per heavy atom. The van der Waals surface area contributed by atoms with Crippen LogP contribution in [0.5, 0.6) is 0 Å². The molecule has 0 spiro atoms. The van der Waals surface area contributed by atoms with Crippen LogP contribution in [0.3, 0.4) is 0 Å². The molecule has 0 radical (unpaired) electrons. The highest BCUT2D eigenvalue weighted by Gasteiger charge is 2.28. The Morgan fingerprint density at radius 1 is 1.29 bits per heavy atom. The Morgan fingerprint density at radius 2 is 1.88 bits per heavy atom. The highest BCUT2D eigenvalue weighted by atomic mass is 32.2. The highest BCUT2D eigenvalue weighted by Crippen LogP contribution is 2.21. The van der Waals surface area contributed by atoms with Crippen molar-refractivity contribution in [1.29, 1.82) is 0 Å². The van der Waals surface area contributed by atoms with E-state index in [0.717, 1.165) is 10.6 Å². The first-order valence-electron chi connectivity index (χ1n) is 7.63. The molecule has 24 heavy (non-hydrogen) atoms. The number of carbonyl (C=O) groups excluding carboxylic acids is 1. The van der Waals surface area contributed by atoms with E-state index in [9.17, 15) is 23.1 Å². The number of carbonyl (C=O) groups is 2. The lowest BCUT2D eigenvalue weighted by Gasteiger charge is -2.25. The number of nitrogens with one attached hydrogen (secondary N) is 1. The largest absolute Gasteiger partial charge is 0.480 e. The van der Waals surface area contributed by atoms with Gasteiger partial charge in [-0.3, -0.25) is 9.10 Å². The number of aryl methyl sites for hydroxylation is 1. The highest BCUT2D eigenvalue weighted by molar-refractivity contribution is 7.92. The molecule has 2 N–H and O–H groups in total. The Bertz CT molecular complexity index is 702. The maximum absolute atomic E-state index is 12.2. The smallest absolute Gasteiger partial charge is 0.326 e. The summed E-state index contributed by atoms with van der Waals surface area (Å²) in [5.74, 6) is -2.06. The van der Waals surface area contributed by atoms with Gasteiger partial charge in [-0.15, -0.1) is 0 Å². The van der Waals surface area contributed by atoms with E-state index in [4.69, 9.17) is 0 Å². The summed E-state index contributed by atoms with van der Waals surface area (Å²) in [5, 5.41) is 11.6. The zero-order valence-corrected chi connectivity index (χ0v) is 15.1. The van der Waals surface area contributed by atoms with Crippen LogP contribution in [0.25, 0.3) is 0 Å². The summed E-state index contributed by atoms with van der Waals surface area (Å²) in [7, 11) is -3.69. The number of benzene rings is 1.